The van der Waals surface area contributed by atoms with Crippen LogP contribution in [0.15, 0.2) is 0 Å². The Kier molecular flexibility index (Phi) is 1.34. The molecule has 1 rings (SSSR count). The van der Waals surface area contributed by atoms with Crippen LogP contribution in [0.2, 0.25) is 0 Å². The molecule has 2 heteroatoms. The summed E-state index contributed by atoms with van der Waals surface area (Å²) >= 11 is 0. The largest absolute Gasteiger partial charge is 0.306 e. The van der Waals surface area contributed by atoms with Crippen LogP contribution in [0, 0.1) is 0 Å². The van der Waals surface area contributed by atoms with Crippen molar-refractivity contribution in [2.75, 3.05) is 14.1 Å². The fourth-order valence-corrected chi connectivity index (χ4v) is 0.831. The average molecular weight is 113 g/mol. The Hall–Kier alpha value is -0.370. The fourth-order valence-electron chi connectivity index (χ4n) is 0.831. The maximum atomic E-state index is 10.4. The highest BCUT2D eigenvalue weighted by atomic mass is 16.1. The summed E-state index contributed by atoms with van der Waals surface area (Å²) in [5.41, 5.74) is 0. The van der Waals surface area contributed by atoms with E-state index in [1.807, 2.05) is 14.1 Å². The predicted molar refractivity (Wildman–Crippen MR) is 31.7 cm³/mol. The molecule has 0 aromatic carbocycles. The van der Waals surface area contributed by atoms with Gasteiger partial charge in [0.05, 0.1) is 0 Å². The molecule has 0 atom stereocenters. The molecule has 1 aliphatic carbocycles. The number of rotatable bonds is 1. The van der Waals surface area contributed by atoms with E-state index < -0.39 is 0 Å². The van der Waals surface area contributed by atoms with E-state index in [-0.39, 0.29) is 0 Å². The van der Waals surface area contributed by atoms with E-state index in [2.05, 4.69) is 4.90 Å². The van der Waals surface area contributed by atoms with E-state index >= 15 is 0 Å². The predicted octanol–water partition coefficient (Wildman–Crippen LogP) is 0.279. The zero-order valence-corrected chi connectivity index (χ0v) is 5.35. The lowest BCUT2D eigenvalue weighted by Crippen LogP contribution is -2.40. The van der Waals surface area contributed by atoms with Gasteiger partial charge in [0, 0.05) is 18.9 Å². The van der Waals surface area contributed by atoms with Gasteiger partial charge in [0.25, 0.3) is 0 Å². The highest BCUT2D eigenvalue weighted by Gasteiger charge is 2.27. The van der Waals surface area contributed by atoms with Crippen molar-refractivity contribution in [1.82, 2.24) is 4.90 Å². The Morgan fingerprint density at radius 2 is 2.00 bits per heavy atom. The third-order valence-electron chi connectivity index (χ3n) is 1.66. The van der Waals surface area contributed by atoms with Crippen LogP contribution in [-0.4, -0.2) is 30.8 Å². The number of nitrogens with zero attached hydrogens (tertiary/aromatic N) is 1. The maximum absolute atomic E-state index is 10.4. The SMILES string of the molecule is CN(C)C1CC(=O)C1. The molecule has 8 heavy (non-hydrogen) atoms. The molecule has 0 aliphatic heterocycles. The van der Waals surface area contributed by atoms with Crippen molar-refractivity contribution < 1.29 is 4.79 Å². The molecule has 0 unspecified atom stereocenters. The molecule has 0 aromatic rings. The van der Waals surface area contributed by atoms with Gasteiger partial charge in [0.2, 0.25) is 0 Å². The summed E-state index contributed by atoms with van der Waals surface area (Å²) in [5, 5.41) is 0. The van der Waals surface area contributed by atoms with Crippen LogP contribution in [0.5, 0.6) is 0 Å². The molecule has 1 saturated carbocycles. The van der Waals surface area contributed by atoms with E-state index in [9.17, 15) is 4.79 Å². The summed E-state index contributed by atoms with van der Waals surface area (Å²) < 4.78 is 0. The number of hydrogen-bond donors (Lipinski definition) is 0. The Labute approximate surface area is 49.5 Å². The summed E-state index contributed by atoms with van der Waals surface area (Å²) in [4.78, 5) is 12.5. The van der Waals surface area contributed by atoms with Gasteiger partial charge in [0.1, 0.15) is 5.78 Å². The average Bonchev–Trinajstić information content (AvgIpc) is 1.57. The second-order valence-electron chi connectivity index (χ2n) is 2.56. The van der Waals surface area contributed by atoms with Crippen LogP contribution in [0.1, 0.15) is 12.8 Å². The van der Waals surface area contributed by atoms with Crippen molar-refractivity contribution in [2.45, 2.75) is 18.9 Å². The number of Topliss-reactive ketones (excluding diaryl/α,β-unsaturated/α-hetero) is 1. The van der Waals surface area contributed by atoms with Gasteiger partial charge in [-0.05, 0) is 14.1 Å². The third kappa shape index (κ3) is 0.892. The Bertz CT molecular complexity index is 101. The normalized spacial score (nSPS) is 21.6. The fraction of sp³-hybridized carbons (Fsp3) is 0.833. The second-order valence-corrected chi connectivity index (χ2v) is 2.56. The highest BCUT2D eigenvalue weighted by Crippen LogP contribution is 2.17. The van der Waals surface area contributed by atoms with Crippen molar-refractivity contribution in [3.8, 4) is 0 Å². The van der Waals surface area contributed by atoms with E-state index in [4.69, 9.17) is 0 Å². The van der Waals surface area contributed by atoms with E-state index in [0.29, 0.717) is 11.8 Å². The summed E-state index contributed by atoms with van der Waals surface area (Å²) in [5.74, 6) is 0.406. The Morgan fingerprint density at radius 3 is 2.12 bits per heavy atom. The van der Waals surface area contributed by atoms with Gasteiger partial charge >= 0.3 is 0 Å². The molecule has 0 N–H and O–H groups in total. The first-order valence-corrected chi connectivity index (χ1v) is 2.88. The van der Waals surface area contributed by atoms with E-state index in [0.717, 1.165) is 12.8 Å². The molecule has 46 valence electrons. The number of hydrogen-bond acceptors (Lipinski definition) is 2. The molecule has 0 radical (unpaired) electrons. The van der Waals surface area contributed by atoms with Gasteiger partial charge in [-0.2, -0.15) is 0 Å². The monoisotopic (exact) mass is 113 g/mol. The molecular formula is C6H11NO. The van der Waals surface area contributed by atoms with Crippen molar-refractivity contribution in [1.29, 1.82) is 0 Å². The quantitative estimate of drug-likeness (QED) is 0.487. The smallest absolute Gasteiger partial charge is 0.136 e. The summed E-state index contributed by atoms with van der Waals surface area (Å²) in [6.07, 6.45) is 1.54. The van der Waals surface area contributed by atoms with Crippen LogP contribution >= 0.6 is 0 Å². The lowest BCUT2D eigenvalue weighted by Gasteiger charge is -2.30. The number of carbonyl (C=O) groups excluding carboxylic acids is 1. The van der Waals surface area contributed by atoms with Crippen molar-refractivity contribution >= 4 is 5.78 Å². The Morgan fingerprint density at radius 1 is 1.50 bits per heavy atom. The van der Waals surface area contributed by atoms with Crippen molar-refractivity contribution in [2.24, 2.45) is 0 Å². The molecular weight excluding hydrogens is 102 g/mol. The van der Waals surface area contributed by atoms with Gasteiger partial charge in [-0.15, -0.1) is 0 Å². The van der Waals surface area contributed by atoms with Crippen LogP contribution in [0.25, 0.3) is 0 Å². The first-order chi connectivity index (χ1) is 3.70. The Balaban J connectivity index is 2.25. The van der Waals surface area contributed by atoms with Crippen LogP contribution in [0.3, 0.4) is 0 Å². The van der Waals surface area contributed by atoms with Gasteiger partial charge in [0.15, 0.2) is 0 Å². The van der Waals surface area contributed by atoms with Gasteiger partial charge < -0.3 is 4.90 Å². The minimum absolute atomic E-state index is 0.406. The van der Waals surface area contributed by atoms with E-state index in [1.165, 1.54) is 0 Å². The van der Waals surface area contributed by atoms with Gasteiger partial charge in [-0.3, -0.25) is 4.79 Å². The highest BCUT2D eigenvalue weighted by molar-refractivity contribution is 5.85. The van der Waals surface area contributed by atoms with E-state index in [1.54, 1.807) is 0 Å². The van der Waals surface area contributed by atoms with Crippen LogP contribution in [-0.2, 0) is 4.79 Å². The molecule has 0 saturated heterocycles. The first kappa shape index (κ1) is 5.76. The third-order valence-corrected chi connectivity index (χ3v) is 1.66. The molecule has 0 aromatic heterocycles. The first-order valence-electron chi connectivity index (χ1n) is 2.88. The zero-order chi connectivity index (χ0) is 6.15. The molecule has 1 fully saturated rings. The lowest BCUT2D eigenvalue weighted by atomic mass is 9.91. The molecule has 0 amide bonds. The molecule has 2 nitrogen and oxygen atoms in total. The zero-order valence-electron chi connectivity index (χ0n) is 5.35. The van der Waals surface area contributed by atoms with Gasteiger partial charge in [-0.25, -0.2) is 0 Å². The number of ketones is 1. The molecule has 0 bridgehead atoms. The summed E-state index contributed by atoms with van der Waals surface area (Å²) in [6.45, 7) is 0. The van der Waals surface area contributed by atoms with Crippen molar-refractivity contribution in [3.05, 3.63) is 0 Å². The topological polar surface area (TPSA) is 20.3 Å². The standard InChI is InChI=1S/C6H11NO/c1-7(2)5-3-6(8)4-5/h5H,3-4H2,1-2H3. The van der Waals surface area contributed by atoms with Crippen LogP contribution in [0.4, 0.5) is 0 Å². The summed E-state index contributed by atoms with van der Waals surface area (Å²) in [6, 6.07) is 0.544. The minimum Gasteiger partial charge on any atom is -0.306 e. The lowest BCUT2D eigenvalue weighted by molar-refractivity contribution is -0.127. The molecule has 1 aliphatic rings. The van der Waals surface area contributed by atoms with Crippen molar-refractivity contribution in [3.63, 3.8) is 0 Å². The summed E-state index contributed by atoms with van der Waals surface area (Å²) in [7, 11) is 4.02. The number of carbonyl (C=O) groups is 1. The molecule has 0 spiro atoms. The minimum atomic E-state index is 0.406. The second kappa shape index (κ2) is 1.86. The van der Waals surface area contributed by atoms with Gasteiger partial charge in [-0.1, -0.05) is 0 Å². The maximum Gasteiger partial charge on any atom is 0.136 e. The molecule has 0 heterocycles. The van der Waals surface area contributed by atoms with Crippen LogP contribution < -0.4 is 0 Å².